The summed E-state index contributed by atoms with van der Waals surface area (Å²) < 4.78 is 11.1. The van der Waals surface area contributed by atoms with Gasteiger partial charge in [0, 0.05) is 0 Å². The molecule has 3 rings (SSSR count). The molecule has 3 aromatic rings. The summed E-state index contributed by atoms with van der Waals surface area (Å²) in [6, 6.07) is 13.3. The van der Waals surface area contributed by atoms with Crippen molar-refractivity contribution in [2.75, 3.05) is 6.61 Å². The fourth-order valence-corrected chi connectivity index (χ4v) is 2.59. The van der Waals surface area contributed by atoms with E-state index in [0.717, 1.165) is 10.6 Å². The predicted molar refractivity (Wildman–Crippen MR) is 92.9 cm³/mol. The van der Waals surface area contributed by atoms with Crippen LogP contribution in [0.2, 0.25) is 0 Å². The molecule has 0 unspecified atom stereocenters. The number of hydrogen-bond acceptors (Lipinski definition) is 6. The first-order valence-electron chi connectivity index (χ1n) is 7.34. The van der Waals surface area contributed by atoms with Crippen LogP contribution in [0.5, 0.6) is 5.75 Å². The molecule has 0 radical (unpaired) electrons. The van der Waals surface area contributed by atoms with Crippen molar-refractivity contribution in [3.05, 3.63) is 59.3 Å². The molecule has 0 atom stereocenters. The summed E-state index contributed by atoms with van der Waals surface area (Å²) >= 11 is 1.57. The maximum atomic E-state index is 5.76. The number of rotatable bonds is 7. The maximum absolute atomic E-state index is 5.76. The third-order valence-electron chi connectivity index (χ3n) is 3.14. The Balaban J connectivity index is 1.52. The predicted octanol–water partition coefficient (Wildman–Crippen LogP) is 3.58. The van der Waals surface area contributed by atoms with Crippen LogP contribution in [0.15, 0.2) is 57.4 Å². The van der Waals surface area contributed by atoms with Gasteiger partial charge < -0.3 is 19.7 Å². The van der Waals surface area contributed by atoms with Crippen molar-refractivity contribution in [2.45, 2.75) is 13.5 Å². The summed E-state index contributed by atoms with van der Waals surface area (Å²) in [6.07, 6.45) is 0. The summed E-state index contributed by atoms with van der Waals surface area (Å²) in [6.45, 7) is 2.18. The lowest BCUT2D eigenvalue weighted by Crippen LogP contribution is -2.21. The Morgan fingerprint density at radius 2 is 2.08 bits per heavy atom. The number of aromatic nitrogens is 1. The van der Waals surface area contributed by atoms with E-state index in [2.05, 4.69) is 10.1 Å². The summed E-state index contributed by atoms with van der Waals surface area (Å²) in [5.41, 5.74) is 6.46. The van der Waals surface area contributed by atoms with Gasteiger partial charge in [-0.05, 0) is 30.5 Å². The molecule has 0 saturated heterocycles. The van der Waals surface area contributed by atoms with E-state index in [1.165, 1.54) is 0 Å². The first-order chi connectivity index (χ1) is 11.7. The number of nitrogens with two attached hydrogens (primary N) is 1. The van der Waals surface area contributed by atoms with Crippen LogP contribution >= 0.6 is 11.3 Å². The minimum Gasteiger partial charge on any atom is -0.486 e. The smallest absolute Gasteiger partial charge is 0.236 e. The minimum absolute atomic E-state index is 0.155. The van der Waals surface area contributed by atoms with E-state index in [1.54, 1.807) is 11.3 Å². The van der Waals surface area contributed by atoms with Gasteiger partial charge in [0.2, 0.25) is 5.89 Å². The lowest BCUT2D eigenvalue weighted by atomic mass is 10.3. The maximum Gasteiger partial charge on any atom is 0.236 e. The zero-order valence-electron chi connectivity index (χ0n) is 13.1. The third-order valence-corrected chi connectivity index (χ3v) is 4.00. The largest absolute Gasteiger partial charge is 0.486 e. The van der Waals surface area contributed by atoms with Gasteiger partial charge in [-0.1, -0.05) is 29.4 Å². The molecule has 7 heteroatoms. The van der Waals surface area contributed by atoms with Gasteiger partial charge in [-0.2, -0.15) is 0 Å². The highest BCUT2D eigenvalue weighted by Crippen LogP contribution is 2.26. The molecule has 6 nitrogen and oxygen atoms in total. The second-order valence-electron chi connectivity index (χ2n) is 4.96. The highest BCUT2D eigenvalue weighted by atomic mass is 32.1. The topological polar surface area (TPSA) is 82.9 Å². The Morgan fingerprint density at radius 1 is 1.25 bits per heavy atom. The molecule has 2 N–H and O–H groups in total. The molecule has 0 spiro atoms. The van der Waals surface area contributed by atoms with Crippen LogP contribution in [0.3, 0.4) is 0 Å². The van der Waals surface area contributed by atoms with Crippen LogP contribution in [-0.4, -0.2) is 17.4 Å². The number of aryl methyl sites for hydroxylation is 1. The molecule has 0 amide bonds. The van der Waals surface area contributed by atoms with E-state index >= 15 is 0 Å². The molecule has 24 heavy (non-hydrogen) atoms. The molecule has 0 fully saturated rings. The van der Waals surface area contributed by atoms with Crippen molar-refractivity contribution in [2.24, 2.45) is 10.9 Å². The summed E-state index contributed by atoms with van der Waals surface area (Å²) in [5.74, 6) is 2.26. The number of amidine groups is 1. The number of benzene rings is 1. The number of oxazole rings is 1. The Bertz CT molecular complexity index is 798. The Labute approximate surface area is 143 Å². The Morgan fingerprint density at radius 3 is 2.83 bits per heavy atom. The van der Waals surface area contributed by atoms with E-state index in [4.69, 9.17) is 19.7 Å². The average Bonchev–Trinajstić information content (AvgIpc) is 3.24. The van der Waals surface area contributed by atoms with Gasteiger partial charge in [-0.25, -0.2) is 4.98 Å². The zero-order chi connectivity index (χ0) is 16.8. The molecular weight excluding hydrogens is 326 g/mol. The number of para-hydroxylation sites is 1. The molecule has 0 aliphatic rings. The van der Waals surface area contributed by atoms with Crippen molar-refractivity contribution in [1.82, 2.24) is 4.98 Å². The molecule has 0 aliphatic carbocycles. The van der Waals surface area contributed by atoms with Crippen molar-refractivity contribution < 1.29 is 14.0 Å². The van der Waals surface area contributed by atoms with Gasteiger partial charge in [-0.3, -0.25) is 0 Å². The van der Waals surface area contributed by atoms with E-state index in [1.807, 2.05) is 54.8 Å². The lowest BCUT2D eigenvalue weighted by Gasteiger charge is -2.05. The summed E-state index contributed by atoms with van der Waals surface area (Å²) in [7, 11) is 0. The number of nitrogens with zero attached hydrogens (tertiary/aromatic N) is 2. The van der Waals surface area contributed by atoms with Gasteiger partial charge in [0.05, 0.1) is 4.88 Å². The van der Waals surface area contributed by atoms with Crippen LogP contribution in [0.1, 0.15) is 11.5 Å². The van der Waals surface area contributed by atoms with Gasteiger partial charge in [0.15, 0.2) is 12.4 Å². The standard InChI is InChI=1S/C17H17N3O3S/c1-12-14(19-17(23-12)15-8-5-9-24-15)10-22-20-16(18)11-21-13-6-3-2-4-7-13/h2-9H,10-11H2,1H3,(H2,18,20). The summed E-state index contributed by atoms with van der Waals surface area (Å²) in [5, 5.41) is 5.81. The quantitative estimate of drug-likeness (QED) is 0.403. The highest BCUT2D eigenvalue weighted by molar-refractivity contribution is 7.13. The molecule has 124 valence electrons. The van der Waals surface area contributed by atoms with E-state index in [-0.39, 0.29) is 19.0 Å². The third kappa shape index (κ3) is 4.14. The van der Waals surface area contributed by atoms with Crippen LogP contribution in [0.25, 0.3) is 10.8 Å². The molecular formula is C17H17N3O3S. The molecule has 1 aromatic carbocycles. The first kappa shape index (κ1) is 16.1. The number of thiophene rings is 1. The summed E-state index contributed by atoms with van der Waals surface area (Å²) in [4.78, 5) is 10.6. The van der Waals surface area contributed by atoms with Crippen LogP contribution < -0.4 is 10.5 Å². The highest BCUT2D eigenvalue weighted by Gasteiger charge is 2.12. The Hall–Kier alpha value is -2.80. The fraction of sp³-hybridized carbons (Fsp3) is 0.176. The first-order valence-corrected chi connectivity index (χ1v) is 8.22. The molecule has 0 saturated carbocycles. The Kier molecular flexibility index (Phi) is 5.12. The van der Waals surface area contributed by atoms with E-state index in [9.17, 15) is 0 Å². The zero-order valence-corrected chi connectivity index (χ0v) is 14.0. The van der Waals surface area contributed by atoms with E-state index in [0.29, 0.717) is 17.3 Å². The van der Waals surface area contributed by atoms with Crippen molar-refractivity contribution in [3.63, 3.8) is 0 Å². The fourth-order valence-electron chi connectivity index (χ4n) is 1.94. The van der Waals surface area contributed by atoms with Crippen molar-refractivity contribution in [3.8, 4) is 16.5 Å². The van der Waals surface area contributed by atoms with Crippen LogP contribution in [-0.2, 0) is 11.4 Å². The monoisotopic (exact) mass is 343 g/mol. The molecule has 0 bridgehead atoms. The number of ether oxygens (including phenoxy) is 1. The van der Waals surface area contributed by atoms with Gasteiger partial charge in [-0.15, -0.1) is 11.3 Å². The van der Waals surface area contributed by atoms with Gasteiger partial charge >= 0.3 is 0 Å². The number of oxime groups is 1. The SMILES string of the molecule is Cc1oc(-c2cccs2)nc1CO/N=C(\N)COc1ccccc1. The lowest BCUT2D eigenvalue weighted by molar-refractivity contribution is 0.125. The van der Waals surface area contributed by atoms with Gasteiger partial charge in [0.1, 0.15) is 23.8 Å². The number of hydrogen-bond donors (Lipinski definition) is 1. The van der Waals surface area contributed by atoms with Gasteiger partial charge in [0.25, 0.3) is 0 Å². The normalized spacial score (nSPS) is 11.5. The minimum atomic E-state index is 0.155. The average molecular weight is 343 g/mol. The van der Waals surface area contributed by atoms with Crippen molar-refractivity contribution in [1.29, 1.82) is 0 Å². The molecule has 2 heterocycles. The second kappa shape index (κ2) is 7.65. The van der Waals surface area contributed by atoms with E-state index < -0.39 is 0 Å². The molecule has 0 aliphatic heterocycles. The van der Waals surface area contributed by atoms with Crippen molar-refractivity contribution >= 4 is 17.2 Å². The van der Waals surface area contributed by atoms with Crippen LogP contribution in [0.4, 0.5) is 0 Å². The second-order valence-corrected chi connectivity index (χ2v) is 5.90. The molecule has 2 aromatic heterocycles. The van der Waals surface area contributed by atoms with Crippen LogP contribution in [0, 0.1) is 6.92 Å².